The van der Waals surface area contributed by atoms with Crippen molar-refractivity contribution in [2.24, 2.45) is 0 Å². The Hall–Kier alpha value is -1.57. The van der Waals surface area contributed by atoms with Gasteiger partial charge in [-0.25, -0.2) is 22.8 Å². The summed E-state index contributed by atoms with van der Waals surface area (Å²) in [6, 6.07) is 3.37. The van der Waals surface area contributed by atoms with Gasteiger partial charge in [-0.2, -0.15) is 4.31 Å². The molecule has 21 heavy (non-hydrogen) atoms. The van der Waals surface area contributed by atoms with Crippen LogP contribution in [-0.2, 0) is 23.0 Å². The molecule has 0 spiro atoms. The molecule has 0 aliphatic carbocycles. The van der Waals surface area contributed by atoms with Crippen molar-refractivity contribution in [2.45, 2.75) is 17.9 Å². The van der Waals surface area contributed by atoms with Crippen molar-refractivity contribution >= 4 is 21.6 Å². The number of halogens is 2. The summed E-state index contributed by atoms with van der Waals surface area (Å²) in [5.41, 5.74) is 1.45. The van der Waals surface area contributed by atoms with Gasteiger partial charge in [-0.1, -0.05) is 11.6 Å². The van der Waals surface area contributed by atoms with Gasteiger partial charge in [0.1, 0.15) is 12.1 Å². The molecule has 0 fully saturated rings. The third-order valence-electron chi connectivity index (χ3n) is 3.29. The van der Waals surface area contributed by atoms with E-state index in [0.29, 0.717) is 18.7 Å². The maximum Gasteiger partial charge on any atom is 0.243 e. The van der Waals surface area contributed by atoms with E-state index < -0.39 is 15.8 Å². The Balaban J connectivity index is 1.95. The lowest BCUT2D eigenvalue weighted by Gasteiger charge is -2.26. The predicted octanol–water partition coefficient (Wildman–Crippen LogP) is 1.82. The Morgan fingerprint density at radius 2 is 2.19 bits per heavy atom. The van der Waals surface area contributed by atoms with Crippen molar-refractivity contribution in [1.29, 1.82) is 0 Å². The second-order valence-electron chi connectivity index (χ2n) is 4.58. The number of aromatic nitrogens is 2. The van der Waals surface area contributed by atoms with Gasteiger partial charge >= 0.3 is 0 Å². The molecule has 2 heterocycles. The normalized spacial score (nSPS) is 15.7. The SMILES string of the molecule is O=S(=O)(c1ccc(F)c(Cl)c1)N1CCc2[c]ncnc2C1. The number of hydrogen-bond acceptors (Lipinski definition) is 4. The molecular weight excluding hydrogens is 317 g/mol. The van der Waals surface area contributed by atoms with Crippen LogP contribution >= 0.6 is 11.6 Å². The molecule has 0 bridgehead atoms. The molecule has 0 unspecified atom stereocenters. The molecule has 0 saturated heterocycles. The van der Waals surface area contributed by atoms with Crippen LogP contribution in [0.3, 0.4) is 0 Å². The molecule has 109 valence electrons. The maximum absolute atomic E-state index is 13.2. The van der Waals surface area contributed by atoms with Gasteiger partial charge in [-0.3, -0.25) is 0 Å². The summed E-state index contributed by atoms with van der Waals surface area (Å²) >= 11 is 5.66. The molecule has 3 rings (SSSR count). The average Bonchev–Trinajstić information content (AvgIpc) is 2.49. The Morgan fingerprint density at radius 3 is 2.95 bits per heavy atom. The van der Waals surface area contributed by atoms with E-state index in [2.05, 4.69) is 16.2 Å². The Kier molecular flexibility index (Phi) is 3.64. The minimum atomic E-state index is -3.74. The van der Waals surface area contributed by atoms with Crippen LogP contribution < -0.4 is 0 Å². The van der Waals surface area contributed by atoms with Crippen molar-refractivity contribution < 1.29 is 12.8 Å². The zero-order valence-electron chi connectivity index (χ0n) is 10.8. The van der Waals surface area contributed by atoms with E-state index in [1.807, 2.05) is 0 Å². The number of sulfonamides is 1. The van der Waals surface area contributed by atoms with Gasteiger partial charge < -0.3 is 0 Å². The smallest absolute Gasteiger partial charge is 0.240 e. The predicted molar refractivity (Wildman–Crippen MR) is 73.6 cm³/mol. The largest absolute Gasteiger partial charge is 0.243 e. The summed E-state index contributed by atoms with van der Waals surface area (Å²) < 4.78 is 39.6. The highest BCUT2D eigenvalue weighted by Crippen LogP contribution is 2.25. The monoisotopic (exact) mass is 326 g/mol. The Labute approximate surface area is 126 Å². The highest BCUT2D eigenvalue weighted by Gasteiger charge is 2.29. The van der Waals surface area contributed by atoms with Crippen molar-refractivity contribution in [1.82, 2.24) is 14.3 Å². The van der Waals surface area contributed by atoms with E-state index in [1.165, 1.54) is 16.7 Å². The molecule has 1 aliphatic rings. The van der Waals surface area contributed by atoms with Gasteiger partial charge in [0.05, 0.1) is 28.4 Å². The lowest BCUT2D eigenvalue weighted by Crippen LogP contribution is -2.36. The van der Waals surface area contributed by atoms with E-state index in [0.717, 1.165) is 17.7 Å². The zero-order valence-corrected chi connectivity index (χ0v) is 12.3. The van der Waals surface area contributed by atoms with Crippen LogP contribution in [0.25, 0.3) is 0 Å². The summed E-state index contributed by atoms with van der Waals surface area (Å²) in [4.78, 5) is 7.84. The van der Waals surface area contributed by atoms with Crippen LogP contribution in [0.15, 0.2) is 29.4 Å². The molecule has 1 aliphatic heterocycles. The van der Waals surface area contributed by atoms with Gasteiger partial charge in [0, 0.05) is 12.1 Å². The summed E-state index contributed by atoms with van der Waals surface area (Å²) in [6.45, 7) is 0.444. The topological polar surface area (TPSA) is 63.2 Å². The molecule has 1 aromatic heterocycles. The number of nitrogens with zero attached hydrogens (tertiary/aromatic N) is 3. The summed E-state index contributed by atoms with van der Waals surface area (Å²) in [5.74, 6) is -0.651. The van der Waals surface area contributed by atoms with Crippen LogP contribution in [0.2, 0.25) is 5.02 Å². The first-order valence-electron chi connectivity index (χ1n) is 6.14. The minimum absolute atomic E-state index is 0.0321. The lowest BCUT2D eigenvalue weighted by molar-refractivity contribution is 0.384. The van der Waals surface area contributed by atoms with Crippen molar-refractivity contribution in [3.05, 3.63) is 52.8 Å². The van der Waals surface area contributed by atoms with Crippen molar-refractivity contribution in [2.75, 3.05) is 6.54 Å². The van der Waals surface area contributed by atoms with Crippen molar-refractivity contribution in [3.63, 3.8) is 0 Å². The van der Waals surface area contributed by atoms with Crippen LogP contribution in [0.5, 0.6) is 0 Å². The fourth-order valence-electron chi connectivity index (χ4n) is 2.16. The summed E-state index contributed by atoms with van der Waals surface area (Å²) in [5, 5.41) is -0.218. The van der Waals surface area contributed by atoms with Gasteiger partial charge in [-0.05, 0) is 24.6 Å². The molecule has 0 saturated carbocycles. The molecule has 8 heteroatoms. The molecule has 1 radical (unpaired) electrons. The molecule has 1 aromatic carbocycles. The van der Waals surface area contributed by atoms with E-state index in [4.69, 9.17) is 11.6 Å². The van der Waals surface area contributed by atoms with E-state index >= 15 is 0 Å². The first kappa shape index (κ1) is 14.4. The van der Waals surface area contributed by atoms with Crippen LogP contribution in [0, 0.1) is 12.0 Å². The Bertz CT molecular complexity index is 798. The first-order valence-corrected chi connectivity index (χ1v) is 7.96. The summed E-state index contributed by atoms with van der Waals surface area (Å²) in [7, 11) is -3.74. The van der Waals surface area contributed by atoms with Gasteiger partial charge in [0.15, 0.2) is 0 Å². The second kappa shape index (κ2) is 5.32. The van der Waals surface area contributed by atoms with Crippen LogP contribution in [-0.4, -0.2) is 29.2 Å². The fourth-order valence-corrected chi connectivity index (χ4v) is 3.83. The van der Waals surface area contributed by atoms with Crippen LogP contribution in [0.1, 0.15) is 11.3 Å². The average molecular weight is 327 g/mol. The van der Waals surface area contributed by atoms with Gasteiger partial charge in [0.2, 0.25) is 10.0 Å². The van der Waals surface area contributed by atoms with Crippen LogP contribution in [0.4, 0.5) is 4.39 Å². The third-order valence-corrected chi connectivity index (χ3v) is 5.42. The third kappa shape index (κ3) is 2.64. The van der Waals surface area contributed by atoms with Crippen molar-refractivity contribution in [3.8, 4) is 0 Å². The molecule has 2 aromatic rings. The molecule has 0 amide bonds. The second-order valence-corrected chi connectivity index (χ2v) is 6.92. The maximum atomic E-state index is 13.2. The standard InChI is InChI=1S/C13H10ClFN3O2S/c14-11-5-10(1-2-12(11)15)21(19,20)18-4-3-9-6-16-8-17-13(9)7-18/h1-2,5,8H,3-4,7H2. The zero-order chi connectivity index (χ0) is 15.0. The van der Waals surface area contributed by atoms with Gasteiger partial charge in [-0.15, -0.1) is 0 Å². The molecule has 0 atom stereocenters. The molecular formula is C13H10ClFN3O2S. The van der Waals surface area contributed by atoms with E-state index in [1.54, 1.807) is 0 Å². The quantitative estimate of drug-likeness (QED) is 0.844. The first-order chi connectivity index (χ1) is 9.98. The fraction of sp³-hybridized carbons (Fsp3) is 0.231. The molecule has 5 nitrogen and oxygen atoms in total. The Morgan fingerprint density at radius 1 is 1.38 bits per heavy atom. The number of benzene rings is 1. The molecule has 0 N–H and O–H groups in total. The van der Waals surface area contributed by atoms with E-state index in [9.17, 15) is 12.8 Å². The number of rotatable bonds is 2. The highest BCUT2D eigenvalue weighted by atomic mass is 35.5. The highest BCUT2D eigenvalue weighted by molar-refractivity contribution is 7.89. The lowest BCUT2D eigenvalue weighted by atomic mass is 10.1. The number of fused-ring (bicyclic) bond motifs is 1. The summed E-state index contributed by atoms with van der Waals surface area (Å²) in [6.07, 6.45) is 4.64. The van der Waals surface area contributed by atoms with E-state index in [-0.39, 0.29) is 16.5 Å². The van der Waals surface area contributed by atoms with Gasteiger partial charge in [0.25, 0.3) is 0 Å². The minimum Gasteiger partial charge on any atom is -0.240 e. The number of hydrogen-bond donors (Lipinski definition) is 0.